The molecule has 1 aromatic rings. The van der Waals surface area contributed by atoms with E-state index in [0.717, 1.165) is 16.7 Å². The minimum absolute atomic E-state index is 0.192. The third-order valence-electron chi connectivity index (χ3n) is 3.10. The molecule has 0 amide bonds. The highest BCUT2D eigenvalue weighted by Gasteiger charge is 2.49. The van der Waals surface area contributed by atoms with Crippen LogP contribution in [0.3, 0.4) is 0 Å². The number of benzene rings is 1. The van der Waals surface area contributed by atoms with Gasteiger partial charge in [0.1, 0.15) is 5.71 Å². The number of hydrogen-bond donors (Lipinski definition) is 2. The van der Waals surface area contributed by atoms with Gasteiger partial charge in [0.2, 0.25) is 5.60 Å². The molecule has 0 saturated heterocycles. The highest BCUT2D eigenvalue weighted by molar-refractivity contribution is 6.21. The quantitative estimate of drug-likeness (QED) is 0.586. The molecule has 2 N–H and O–H groups in total. The van der Waals surface area contributed by atoms with Gasteiger partial charge in [-0.15, -0.1) is 0 Å². The van der Waals surface area contributed by atoms with Crippen molar-refractivity contribution in [2.45, 2.75) is 18.9 Å². The topological polar surface area (TPSA) is 70.9 Å². The molecule has 5 nitrogen and oxygen atoms in total. The number of nitrogens with one attached hydrogen (secondary N) is 1. The molecule has 1 atom stereocenters. The van der Waals surface area contributed by atoms with Crippen LogP contribution in [0, 0.1) is 6.92 Å². The molecule has 0 saturated carbocycles. The summed E-state index contributed by atoms with van der Waals surface area (Å²) in [5.74, 6) is -0.689. The zero-order chi connectivity index (χ0) is 13.3. The first-order chi connectivity index (χ1) is 8.52. The summed E-state index contributed by atoms with van der Waals surface area (Å²) in [7, 11) is 2.88. The van der Waals surface area contributed by atoms with E-state index in [1.165, 1.54) is 7.11 Å². The van der Waals surface area contributed by atoms with Gasteiger partial charge in [-0.05, 0) is 12.5 Å². The summed E-state index contributed by atoms with van der Waals surface area (Å²) < 4.78 is 4.68. The maximum absolute atomic E-state index is 11.8. The van der Waals surface area contributed by atoms with Crippen molar-refractivity contribution in [1.82, 2.24) is 5.43 Å². The summed E-state index contributed by atoms with van der Waals surface area (Å²) >= 11 is 0. The minimum atomic E-state index is -1.70. The molecule has 0 heterocycles. The van der Waals surface area contributed by atoms with Crippen molar-refractivity contribution in [2.75, 3.05) is 14.2 Å². The smallest absolute Gasteiger partial charge is 0.344 e. The largest absolute Gasteiger partial charge is 0.467 e. The number of aliphatic hydroxyl groups is 1. The molecule has 1 aliphatic carbocycles. The normalized spacial score (nSPS) is 23.9. The van der Waals surface area contributed by atoms with Crippen LogP contribution in [0.2, 0.25) is 0 Å². The number of hydrogen-bond acceptors (Lipinski definition) is 5. The van der Waals surface area contributed by atoms with Crippen molar-refractivity contribution in [2.24, 2.45) is 5.10 Å². The molecule has 18 heavy (non-hydrogen) atoms. The lowest BCUT2D eigenvalue weighted by molar-refractivity contribution is -0.154. The van der Waals surface area contributed by atoms with E-state index < -0.39 is 11.6 Å². The van der Waals surface area contributed by atoms with Crippen LogP contribution in [0.15, 0.2) is 23.3 Å². The molecular weight excluding hydrogens is 232 g/mol. The monoisotopic (exact) mass is 248 g/mol. The van der Waals surface area contributed by atoms with E-state index in [-0.39, 0.29) is 6.42 Å². The lowest BCUT2D eigenvalue weighted by atomic mass is 9.99. The summed E-state index contributed by atoms with van der Waals surface area (Å²) in [5.41, 5.74) is 3.99. The zero-order valence-corrected chi connectivity index (χ0v) is 10.7. The number of aryl methyl sites for hydroxylation is 1. The van der Waals surface area contributed by atoms with E-state index in [4.69, 9.17) is 0 Å². The molecule has 0 aliphatic heterocycles. The number of fused-ring (bicyclic) bond motifs is 1. The second kappa shape index (κ2) is 4.42. The molecule has 1 aliphatic rings. The zero-order valence-electron chi connectivity index (χ0n) is 10.7. The van der Waals surface area contributed by atoms with Crippen LogP contribution in [0.1, 0.15) is 16.7 Å². The fraction of sp³-hybridized carbons (Fsp3) is 0.385. The number of ether oxygens (including phenoxy) is 1. The number of esters is 1. The first kappa shape index (κ1) is 12.6. The van der Waals surface area contributed by atoms with Crippen LogP contribution in [0.5, 0.6) is 0 Å². The van der Waals surface area contributed by atoms with Crippen LogP contribution in [-0.4, -0.2) is 36.5 Å². The molecule has 0 bridgehead atoms. The van der Waals surface area contributed by atoms with Gasteiger partial charge in [0.05, 0.1) is 7.11 Å². The molecule has 2 rings (SSSR count). The van der Waals surface area contributed by atoms with Gasteiger partial charge in [0, 0.05) is 19.0 Å². The van der Waals surface area contributed by atoms with Crippen molar-refractivity contribution in [3.63, 3.8) is 0 Å². The maximum atomic E-state index is 11.8. The number of carbonyl (C=O) groups is 1. The standard InChI is InChI=1S/C13H16N2O3/c1-8-4-5-10-9(6-8)7-13(17,12(16)18-3)11(10)15-14-2/h4-6,14,17H,7H2,1-3H3/b15-11-. The molecule has 96 valence electrons. The van der Waals surface area contributed by atoms with E-state index in [0.29, 0.717) is 5.71 Å². The van der Waals surface area contributed by atoms with Gasteiger partial charge >= 0.3 is 5.97 Å². The lowest BCUT2D eigenvalue weighted by Gasteiger charge is -2.19. The van der Waals surface area contributed by atoms with E-state index in [1.54, 1.807) is 7.05 Å². The molecule has 0 spiro atoms. The fourth-order valence-corrected chi connectivity index (χ4v) is 2.28. The number of rotatable bonds is 2. The van der Waals surface area contributed by atoms with Crippen molar-refractivity contribution in [3.8, 4) is 0 Å². The number of nitrogens with zero attached hydrogens (tertiary/aromatic N) is 1. The molecule has 5 heteroatoms. The Morgan fingerprint density at radius 1 is 1.56 bits per heavy atom. The average Bonchev–Trinajstić information content (AvgIpc) is 2.62. The molecule has 1 unspecified atom stereocenters. The van der Waals surface area contributed by atoms with Gasteiger partial charge in [-0.2, -0.15) is 5.10 Å². The predicted octanol–water partition coefficient (Wildman–Crippen LogP) is 0.379. The summed E-state index contributed by atoms with van der Waals surface area (Å²) in [5, 5.41) is 14.6. The summed E-state index contributed by atoms with van der Waals surface area (Å²) in [6.07, 6.45) is 0.192. The summed E-state index contributed by atoms with van der Waals surface area (Å²) in [6.45, 7) is 1.96. The van der Waals surface area contributed by atoms with E-state index in [1.807, 2.05) is 25.1 Å². The minimum Gasteiger partial charge on any atom is -0.467 e. The van der Waals surface area contributed by atoms with E-state index in [9.17, 15) is 9.90 Å². The molecule has 0 radical (unpaired) electrons. The summed E-state index contributed by atoms with van der Waals surface area (Å²) in [6, 6.07) is 5.73. The molecule has 0 aromatic heterocycles. The molecule has 0 fully saturated rings. The van der Waals surface area contributed by atoms with Crippen LogP contribution in [-0.2, 0) is 16.0 Å². The Bertz CT molecular complexity index is 525. The van der Waals surface area contributed by atoms with Crippen LogP contribution >= 0.6 is 0 Å². The lowest BCUT2D eigenvalue weighted by Crippen LogP contribution is -2.46. The third kappa shape index (κ3) is 1.76. The Morgan fingerprint density at radius 2 is 2.28 bits per heavy atom. The second-order valence-electron chi connectivity index (χ2n) is 4.37. The van der Waals surface area contributed by atoms with Gasteiger partial charge in [-0.1, -0.05) is 23.8 Å². The number of hydrazone groups is 1. The van der Waals surface area contributed by atoms with Crippen molar-refractivity contribution >= 4 is 11.7 Å². The maximum Gasteiger partial charge on any atom is 0.344 e. The van der Waals surface area contributed by atoms with Crippen molar-refractivity contribution in [1.29, 1.82) is 0 Å². The van der Waals surface area contributed by atoms with Gasteiger partial charge in [0.25, 0.3) is 0 Å². The van der Waals surface area contributed by atoms with E-state index >= 15 is 0 Å². The average molecular weight is 248 g/mol. The van der Waals surface area contributed by atoms with Gasteiger partial charge in [0.15, 0.2) is 0 Å². The number of methoxy groups -OCH3 is 1. The Balaban J connectivity index is 2.56. The molecular formula is C13H16N2O3. The Labute approximate surface area is 105 Å². The van der Waals surface area contributed by atoms with E-state index in [2.05, 4.69) is 15.3 Å². The first-order valence-corrected chi connectivity index (χ1v) is 5.68. The van der Waals surface area contributed by atoms with Gasteiger partial charge in [-0.3, -0.25) is 0 Å². The van der Waals surface area contributed by atoms with Crippen molar-refractivity contribution < 1.29 is 14.6 Å². The van der Waals surface area contributed by atoms with Gasteiger partial charge < -0.3 is 15.3 Å². The SMILES string of the molecule is CN/N=C1/c2ccc(C)cc2CC1(O)C(=O)OC. The van der Waals surface area contributed by atoms with Gasteiger partial charge in [-0.25, -0.2) is 4.79 Å². The van der Waals surface area contributed by atoms with Crippen LogP contribution in [0.25, 0.3) is 0 Å². The number of carbonyl (C=O) groups excluding carboxylic acids is 1. The second-order valence-corrected chi connectivity index (χ2v) is 4.37. The molecule has 1 aromatic carbocycles. The fourth-order valence-electron chi connectivity index (χ4n) is 2.28. The Hall–Kier alpha value is -1.88. The summed E-state index contributed by atoms with van der Waals surface area (Å²) in [4.78, 5) is 11.8. The highest BCUT2D eigenvalue weighted by atomic mass is 16.5. The van der Waals surface area contributed by atoms with Crippen LogP contribution < -0.4 is 5.43 Å². The first-order valence-electron chi connectivity index (χ1n) is 5.68. The van der Waals surface area contributed by atoms with Crippen LogP contribution in [0.4, 0.5) is 0 Å². The predicted molar refractivity (Wildman–Crippen MR) is 67.4 cm³/mol. The Kier molecular flexibility index (Phi) is 3.09. The highest BCUT2D eigenvalue weighted by Crippen LogP contribution is 2.32. The third-order valence-corrected chi connectivity index (χ3v) is 3.10. The van der Waals surface area contributed by atoms with Crippen molar-refractivity contribution in [3.05, 3.63) is 34.9 Å². The Morgan fingerprint density at radius 3 is 2.89 bits per heavy atom.